The molecule has 1 aliphatic carbocycles. The second kappa shape index (κ2) is 7.57. The largest absolute Gasteiger partial charge is 0.480 e. The van der Waals surface area contributed by atoms with Crippen LogP contribution in [0.15, 0.2) is 72.8 Å². The standard InChI is InChI=1S/C26H20FN3O2S/c27-19-12-15(16-13-21(25(31)32)28-14-16)6-7-18(19)23-29-20-8-9-22(30-24(20)33-23)26(10-11-26)17-4-2-1-3-5-17/h1-12,16,21,28H,13-14H2,(H,31,32)/t16-,21-/m0/s1. The molecule has 0 amide bonds. The summed E-state index contributed by atoms with van der Waals surface area (Å²) < 4.78 is 15.1. The van der Waals surface area contributed by atoms with Crippen LogP contribution in [0.3, 0.4) is 0 Å². The molecule has 1 saturated heterocycles. The molecule has 0 spiro atoms. The molecular weight excluding hydrogens is 437 g/mol. The third-order valence-electron chi connectivity index (χ3n) is 6.55. The molecule has 2 aromatic carbocycles. The van der Waals surface area contributed by atoms with Crippen LogP contribution in [0.1, 0.15) is 29.2 Å². The van der Waals surface area contributed by atoms with Gasteiger partial charge in [-0.25, -0.2) is 14.4 Å². The Morgan fingerprint density at radius 1 is 1.09 bits per heavy atom. The quantitative estimate of drug-likeness (QED) is 0.418. The molecule has 33 heavy (non-hydrogen) atoms. The van der Waals surface area contributed by atoms with E-state index in [-0.39, 0.29) is 17.2 Å². The Kier molecular flexibility index (Phi) is 4.64. The third kappa shape index (κ3) is 3.44. The number of carbonyl (C=O) groups is 1. The number of carboxylic acids is 1. The van der Waals surface area contributed by atoms with Gasteiger partial charge in [-0.05, 0) is 47.7 Å². The number of fused-ring (bicyclic) bond motifs is 1. The fraction of sp³-hybridized carbons (Fsp3) is 0.192. The van der Waals surface area contributed by atoms with Crippen molar-refractivity contribution in [2.45, 2.75) is 23.8 Å². The number of hydrogen-bond acceptors (Lipinski definition) is 5. The highest BCUT2D eigenvalue weighted by atomic mass is 32.1. The maximum Gasteiger partial charge on any atom is 0.320 e. The van der Waals surface area contributed by atoms with E-state index in [0.29, 0.717) is 23.5 Å². The van der Waals surface area contributed by atoms with Crippen molar-refractivity contribution in [3.8, 4) is 10.6 Å². The van der Waals surface area contributed by atoms with E-state index in [0.717, 1.165) is 21.6 Å². The summed E-state index contributed by atoms with van der Waals surface area (Å²) in [5.41, 5.74) is 3.83. The summed E-state index contributed by atoms with van der Waals surface area (Å²) >= 11 is 1.38. The van der Waals surface area contributed by atoms with Gasteiger partial charge in [-0.2, -0.15) is 0 Å². The van der Waals surface area contributed by atoms with E-state index >= 15 is 4.39 Å². The van der Waals surface area contributed by atoms with Gasteiger partial charge in [0.1, 0.15) is 27.2 Å². The molecule has 6 rings (SSSR count). The van der Waals surface area contributed by atoms with Crippen LogP contribution in [0.5, 0.6) is 0 Å². The molecule has 0 saturated carbocycles. The molecule has 1 aliphatic heterocycles. The predicted octanol–water partition coefficient (Wildman–Crippen LogP) is 4.88. The van der Waals surface area contributed by atoms with E-state index in [1.54, 1.807) is 6.07 Å². The lowest BCUT2D eigenvalue weighted by Gasteiger charge is -2.15. The number of carboxylic acid groups (broad SMARTS) is 1. The Hall–Kier alpha value is -3.42. The average molecular weight is 458 g/mol. The molecule has 0 bridgehead atoms. The molecular formula is C26H20FN3O2S. The van der Waals surface area contributed by atoms with Gasteiger partial charge >= 0.3 is 5.97 Å². The van der Waals surface area contributed by atoms with E-state index in [2.05, 4.69) is 34.6 Å². The first kappa shape index (κ1) is 20.2. The van der Waals surface area contributed by atoms with E-state index in [9.17, 15) is 9.90 Å². The van der Waals surface area contributed by atoms with Gasteiger partial charge in [0.15, 0.2) is 0 Å². The zero-order valence-electron chi connectivity index (χ0n) is 17.5. The van der Waals surface area contributed by atoms with Crippen LogP contribution in [0.25, 0.3) is 20.9 Å². The first-order chi connectivity index (χ1) is 16.0. The van der Waals surface area contributed by atoms with Crippen LogP contribution >= 0.6 is 11.3 Å². The van der Waals surface area contributed by atoms with Crippen LogP contribution in [0, 0.1) is 5.82 Å². The lowest BCUT2D eigenvalue weighted by Crippen LogP contribution is -2.29. The summed E-state index contributed by atoms with van der Waals surface area (Å²) in [6.45, 7) is 0.529. The number of halogens is 1. The summed E-state index contributed by atoms with van der Waals surface area (Å²) in [5, 5.41) is 12.7. The summed E-state index contributed by atoms with van der Waals surface area (Å²) in [5.74, 6) is -1.24. The number of aliphatic carboxylic acids is 1. The number of nitrogens with zero attached hydrogens (tertiary/aromatic N) is 2. The number of pyridine rings is 1. The van der Waals surface area contributed by atoms with Gasteiger partial charge in [0.05, 0.1) is 11.1 Å². The van der Waals surface area contributed by atoms with Crippen molar-refractivity contribution < 1.29 is 14.3 Å². The highest BCUT2D eigenvalue weighted by Gasteiger charge is 2.39. The molecule has 0 unspecified atom stereocenters. The van der Waals surface area contributed by atoms with Crippen LogP contribution in [-0.4, -0.2) is 33.6 Å². The zero-order valence-corrected chi connectivity index (χ0v) is 18.3. The van der Waals surface area contributed by atoms with Crippen LogP contribution in [0.4, 0.5) is 4.39 Å². The first-order valence-corrected chi connectivity index (χ1v) is 11.7. The van der Waals surface area contributed by atoms with Gasteiger partial charge in [0.2, 0.25) is 0 Å². The van der Waals surface area contributed by atoms with Crippen molar-refractivity contribution >= 4 is 27.7 Å². The molecule has 1 fully saturated rings. The fourth-order valence-corrected chi connectivity index (χ4v) is 5.57. The Morgan fingerprint density at radius 3 is 2.61 bits per heavy atom. The first-order valence-electron chi connectivity index (χ1n) is 10.8. The normalized spacial score (nSPS) is 20.9. The zero-order chi connectivity index (χ0) is 22.6. The Morgan fingerprint density at radius 2 is 1.91 bits per heavy atom. The van der Waals surface area contributed by atoms with Gasteiger partial charge in [0, 0.05) is 12.1 Å². The predicted molar refractivity (Wildman–Crippen MR) is 126 cm³/mol. The maximum absolute atomic E-state index is 15.1. The molecule has 4 aromatic rings. The molecule has 164 valence electrons. The molecule has 2 aromatic heterocycles. The topological polar surface area (TPSA) is 75.1 Å². The molecule has 2 aliphatic rings. The minimum atomic E-state index is -0.869. The molecule has 5 nitrogen and oxygen atoms in total. The van der Waals surface area contributed by atoms with Crippen molar-refractivity contribution in [2.75, 3.05) is 6.54 Å². The van der Waals surface area contributed by atoms with Gasteiger partial charge in [0.25, 0.3) is 0 Å². The van der Waals surface area contributed by atoms with E-state index in [1.807, 2.05) is 36.4 Å². The van der Waals surface area contributed by atoms with E-state index in [1.165, 1.54) is 23.0 Å². The maximum atomic E-state index is 15.1. The Balaban J connectivity index is 1.30. The second-order valence-corrected chi connectivity index (χ2v) is 9.56. The summed E-state index contributed by atoms with van der Waals surface area (Å²) in [7, 11) is 0. The number of aromatic nitrogens is 2. The highest BCUT2D eigenvalue weighted by molar-refractivity contribution is 7.21. The molecule has 7 heteroatoms. The number of benzene rings is 2. The number of rotatable bonds is 5. The summed E-state index contributed by atoms with van der Waals surface area (Å²) in [4.78, 5) is 21.5. The Labute approximate surface area is 193 Å². The van der Waals surface area contributed by atoms with Crippen LogP contribution < -0.4 is 5.32 Å². The number of hydrogen-bond donors (Lipinski definition) is 2. The Bertz CT molecular complexity index is 1410. The average Bonchev–Trinajstić information content (AvgIpc) is 3.28. The van der Waals surface area contributed by atoms with Crippen LogP contribution in [-0.2, 0) is 10.2 Å². The monoisotopic (exact) mass is 457 g/mol. The van der Waals surface area contributed by atoms with Crippen molar-refractivity contribution in [3.05, 3.63) is 95.5 Å². The van der Waals surface area contributed by atoms with Crippen LogP contribution in [0.2, 0.25) is 0 Å². The summed E-state index contributed by atoms with van der Waals surface area (Å²) in [6.07, 6.45) is 4.74. The molecule has 0 radical (unpaired) electrons. The number of nitrogens with one attached hydrogen (secondary N) is 1. The highest BCUT2D eigenvalue weighted by Crippen LogP contribution is 2.45. The molecule has 2 atom stereocenters. The smallest absolute Gasteiger partial charge is 0.320 e. The minimum absolute atomic E-state index is 0.0190. The van der Waals surface area contributed by atoms with Crippen molar-refractivity contribution in [1.29, 1.82) is 0 Å². The fourth-order valence-electron chi connectivity index (χ4n) is 4.61. The summed E-state index contributed by atoms with van der Waals surface area (Å²) in [6, 6.07) is 18.7. The van der Waals surface area contributed by atoms with E-state index < -0.39 is 12.0 Å². The number of allylic oxidation sites excluding steroid dienone is 2. The van der Waals surface area contributed by atoms with Gasteiger partial charge < -0.3 is 10.4 Å². The molecule has 3 heterocycles. The van der Waals surface area contributed by atoms with Gasteiger partial charge in [-0.1, -0.05) is 59.9 Å². The SMILES string of the molecule is O=C(O)[C@@H]1C[C@H](c2ccc(-c3nc4ccc(C5(c6ccccc6)C=C5)nc4s3)c(F)c2)CN1. The van der Waals surface area contributed by atoms with Crippen molar-refractivity contribution in [1.82, 2.24) is 15.3 Å². The molecule has 2 N–H and O–H groups in total. The number of thiazole rings is 1. The second-order valence-electron chi connectivity index (χ2n) is 8.58. The lowest BCUT2D eigenvalue weighted by molar-refractivity contribution is -0.139. The lowest BCUT2D eigenvalue weighted by atomic mass is 9.89. The third-order valence-corrected chi connectivity index (χ3v) is 7.55. The van der Waals surface area contributed by atoms with Gasteiger partial charge in [-0.3, -0.25) is 4.79 Å². The van der Waals surface area contributed by atoms with E-state index in [4.69, 9.17) is 4.98 Å². The van der Waals surface area contributed by atoms with Gasteiger partial charge in [-0.15, -0.1) is 0 Å². The van der Waals surface area contributed by atoms with Crippen molar-refractivity contribution in [2.24, 2.45) is 0 Å². The van der Waals surface area contributed by atoms with Crippen molar-refractivity contribution in [3.63, 3.8) is 0 Å². The minimum Gasteiger partial charge on any atom is -0.480 e.